The van der Waals surface area contributed by atoms with Crippen LogP contribution in [0.5, 0.6) is 5.75 Å². The molecule has 0 spiro atoms. The van der Waals surface area contributed by atoms with E-state index >= 15 is 0 Å². The zero-order valence-electron chi connectivity index (χ0n) is 11.8. The summed E-state index contributed by atoms with van der Waals surface area (Å²) in [6.07, 6.45) is 6.26. The molecule has 3 nitrogen and oxygen atoms in total. The molecule has 106 valence electrons. The van der Waals surface area contributed by atoms with Crippen molar-refractivity contribution >= 4 is 11.4 Å². The van der Waals surface area contributed by atoms with Gasteiger partial charge in [-0.15, -0.1) is 0 Å². The summed E-state index contributed by atoms with van der Waals surface area (Å²) in [5, 5.41) is 3.21. The first-order valence-corrected chi connectivity index (χ1v) is 6.91. The second kappa shape index (κ2) is 5.68. The molecule has 0 unspecified atom stereocenters. The number of nitrogens with one attached hydrogen (secondary N) is 1. The number of hydrogen-bond acceptors (Lipinski definition) is 3. The molecule has 0 amide bonds. The van der Waals surface area contributed by atoms with Gasteiger partial charge in [0.05, 0.1) is 18.5 Å². The molecule has 1 fully saturated rings. The molecular formula is C15H23FN2O. The van der Waals surface area contributed by atoms with Crippen molar-refractivity contribution in [3.8, 4) is 5.75 Å². The van der Waals surface area contributed by atoms with Gasteiger partial charge in [-0.3, -0.25) is 0 Å². The van der Waals surface area contributed by atoms with Crippen LogP contribution in [-0.2, 0) is 0 Å². The highest BCUT2D eigenvalue weighted by Gasteiger charge is 2.26. The Labute approximate surface area is 114 Å². The van der Waals surface area contributed by atoms with Gasteiger partial charge in [0, 0.05) is 18.7 Å². The fourth-order valence-electron chi connectivity index (χ4n) is 2.77. The van der Waals surface area contributed by atoms with Crippen LogP contribution >= 0.6 is 0 Å². The monoisotopic (exact) mass is 266 g/mol. The number of nitrogens with two attached hydrogens (primary N) is 1. The normalized spacial score (nSPS) is 18.1. The molecule has 1 aromatic rings. The van der Waals surface area contributed by atoms with Gasteiger partial charge in [0.15, 0.2) is 0 Å². The van der Waals surface area contributed by atoms with Gasteiger partial charge >= 0.3 is 0 Å². The largest absolute Gasteiger partial charge is 0.495 e. The number of hydrogen-bond donors (Lipinski definition) is 2. The molecule has 1 saturated carbocycles. The minimum absolute atomic E-state index is 0.263. The van der Waals surface area contributed by atoms with E-state index in [1.807, 2.05) is 0 Å². The summed E-state index contributed by atoms with van der Waals surface area (Å²) in [5.41, 5.74) is 6.73. The quantitative estimate of drug-likeness (QED) is 0.815. The highest BCUT2D eigenvalue weighted by Crippen LogP contribution is 2.36. The molecule has 0 heterocycles. The van der Waals surface area contributed by atoms with E-state index < -0.39 is 0 Å². The Morgan fingerprint density at radius 1 is 1.32 bits per heavy atom. The molecule has 1 aliphatic rings. The summed E-state index contributed by atoms with van der Waals surface area (Å²) in [5.74, 6) is 0.190. The molecule has 2 rings (SSSR count). The summed E-state index contributed by atoms with van der Waals surface area (Å²) in [4.78, 5) is 0. The van der Waals surface area contributed by atoms with E-state index in [0.717, 1.165) is 6.54 Å². The first kappa shape index (κ1) is 14.0. The molecule has 1 aromatic carbocycles. The maximum absolute atomic E-state index is 13.8. The fraction of sp³-hybridized carbons (Fsp3) is 0.600. The number of rotatable bonds is 4. The lowest BCUT2D eigenvalue weighted by atomic mass is 9.76. The van der Waals surface area contributed by atoms with Crippen molar-refractivity contribution in [1.82, 2.24) is 0 Å². The van der Waals surface area contributed by atoms with Gasteiger partial charge in [0.2, 0.25) is 0 Å². The summed E-state index contributed by atoms with van der Waals surface area (Å²) >= 11 is 0. The zero-order valence-corrected chi connectivity index (χ0v) is 11.8. The Hall–Kier alpha value is -1.45. The zero-order chi connectivity index (χ0) is 13.9. The number of benzene rings is 1. The lowest BCUT2D eigenvalue weighted by Gasteiger charge is -2.34. The number of methoxy groups -OCH3 is 1. The fourth-order valence-corrected chi connectivity index (χ4v) is 2.77. The predicted molar refractivity (Wildman–Crippen MR) is 77.0 cm³/mol. The maximum Gasteiger partial charge on any atom is 0.148 e. The average Bonchev–Trinajstić information content (AvgIpc) is 2.39. The third kappa shape index (κ3) is 3.31. The van der Waals surface area contributed by atoms with Crippen LogP contribution in [0.25, 0.3) is 0 Å². The molecule has 0 aliphatic heterocycles. The van der Waals surface area contributed by atoms with Crippen LogP contribution < -0.4 is 15.8 Å². The Morgan fingerprint density at radius 2 is 2.00 bits per heavy atom. The first-order chi connectivity index (χ1) is 9.04. The lowest BCUT2D eigenvalue weighted by Crippen LogP contribution is -2.29. The predicted octanol–water partition coefficient (Wildman–Crippen LogP) is 3.80. The van der Waals surface area contributed by atoms with Crippen molar-refractivity contribution in [3.63, 3.8) is 0 Å². The van der Waals surface area contributed by atoms with E-state index in [1.54, 1.807) is 6.07 Å². The Morgan fingerprint density at radius 3 is 2.63 bits per heavy atom. The van der Waals surface area contributed by atoms with Crippen molar-refractivity contribution in [2.45, 2.75) is 39.0 Å². The van der Waals surface area contributed by atoms with Gasteiger partial charge in [-0.1, -0.05) is 26.2 Å². The molecule has 3 N–H and O–H groups in total. The van der Waals surface area contributed by atoms with E-state index in [2.05, 4.69) is 12.2 Å². The van der Waals surface area contributed by atoms with Gasteiger partial charge < -0.3 is 15.8 Å². The highest BCUT2D eigenvalue weighted by molar-refractivity contribution is 5.62. The van der Waals surface area contributed by atoms with Gasteiger partial charge in [-0.05, 0) is 18.3 Å². The van der Waals surface area contributed by atoms with Crippen LogP contribution in [0.1, 0.15) is 39.0 Å². The minimum atomic E-state index is -0.322. The van der Waals surface area contributed by atoms with E-state index in [1.165, 1.54) is 45.3 Å². The topological polar surface area (TPSA) is 47.3 Å². The van der Waals surface area contributed by atoms with Crippen molar-refractivity contribution in [2.24, 2.45) is 5.41 Å². The van der Waals surface area contributed by atoms with E-state index in [9.17, 15) is 4.39 Å². The third-order valence-electron chi connectivity index (χ3n) is 4.09. The lowest BCUT2D eigenvalue weighted by molar-refractivity contribution is 0.233. The highest BCUT2D eigenvalue weighted by atomic mass is 19.1. The number of halogens is 1. The minimum Gasteiger partial charge on any atom is -0.495 e. The Bertz CT molecular complexity index is 442. The Kier molecular flexibility index (Phi) is 4.17. The second-order valence-corrected chi connectivity index (χ2v) is 5.80. The van der Waals surface area contributed by atoms with Crippen LogP contribution in [0.3, 0.4) is 0 Å². The number of anilines is 2. The molecule has 4 heteroatoms. The standard InChI is InChI=1S/C15H23FN2O/c1-15(6-4-3-5-7-15)10-18-13-9-14(19-2)12(17)8-11(13)16/h8-9,18H,3-7,10,17H2,1-2H3. The molecule has 0 radical (unpaired) electrons. The number of ether oxygens (including phenoxy) is 1. The smallest absolute Gasteiger partial charge is 0.148 e. The average molecular weight is 266 g/mol. The summed E-state index contributed by atoms with van der Waals surface area (Å²) in [6.45, 7) is 3.06. The molecule has 1 aliphatic carbocycles. The summed E-state index contributed by atoms with van der Waals surface area (Å²) in [7, 11) is 1.54. The van der Waals surface area contributed by atoms with Crippen molar-refractivity contribution in [1.29, 1.82) is 0 Å². The van der Waals surface area contributed by atoms with E-state index in [0.29, 0.717) is 17.1 Å². The molecule has 0 saturated heterocycles. The van der Waals surface area contributed by atoms with Gasteiger partial charge in [0.25, 0.3) is 0 Å². The summed E-state index contributed by atoms with van der Waals surface area (Å²) < 4.78 is 19.0. The van der Waals surface area contributed by atoms with Gasteiger partial charge in [0.1, 0.15) is 11.6 Å². The molecule has 0 atom stereocenters. The first-order valence-electron chi connectivity index (χ1n) is 6.91. The van der Waals surface area contributed by atoms with Crippen molar-refractivity contribution in [2.75, 3.05) is 24.7 Å². The summed E-state index contributed by atoms with van der Waals surface area (Å²) in [6, 6.07) is 2.95. The van der Waals surface area contributed by atoms with E-state index in [4.69, 9.17) is 10.5 Å². The second-order valence-electron chi connectivity index (χ2n) is 5.80. The van der Waals surface area contributed by atoms with Crippen LogP contribution in [0, 0.1) is 11.2 Å². The van der Waals surface area contributed by atoms with Gasteiger partial charge in [-0.2, -0.15) is 0 Å². The third-order valence-corrected chi connectivity index (χ3v) is 4.09. The van der Waals surface area contributed by atoms with Crippen LogP contribution in [0.4, 0.5) is 15.8 Å². The molecule has 0 bridgehead atoms. The molecular weight excluding hydrogens is 243 g/mol. The van der Waals surface area contributed by atoms with E-state index in [-0.39, 0.29) is 11.2 Å². The van der Waals surface area contributed by atoms with Crippen molar-refractivity contribution in [3.05, 3.63) is 17.9 Å². The van der Waals surface area contributed by atoms with Gasteiger partial charge in [-0.25, -0.2) is 4.39 Å². The SMILES string of the molecule is COc1cc(NCC2(C)CCCCC2)c(F)cc1N. The van der Waals surface area contributed by atoms with Crippen molar-refractivity contribution < 1.29 is 9.13 Å². The van der Waals surface area contributed by atoms with Crippen LogP contribution in [0.15, 0.2) is 12.1 Å². The molecule has 19 heavy (non-hydrogen) atoms. The number of nitrogen functional groups attached to an aromatic ring is 1. The van der Waals surface area contributed by atoms with Crippen LogP contribution in [0.2, 0.25) is 0 Å². The maximum atomic E-state index is 13.8. The molecule has 0 aromatic heterocycles. The van der Waals surface area contributed by atoms with Crippen LogP contribution in [-0.4, -0.2) is 13.7 Å². The Balaban J connectivity index is 2.06.